The predicted molar refractivity (Wildman–Crippen MR) is 151 cm³/mol. The van der Waals surface area contributed by atoms with Crippen LogP contribution in [0.5, 0.6) is 0 Å². The smallest absolute Gasteiger partial charge is 0.248 e. The molecule has 1 atom stereocenters. The highest BCUT2D eigenvalue weighted by molar-refractivity contribution is 6.07. The lowest BCUT2D eigenvalue weighted by molar-refractivity contribution is 0.0897. The fourth-order valence-corrected chi connectivity index (χ4v) is 5.10. The topological polar surface area (TPSA) is 137 Å². The molecule has 0 saturated heterocycles. The van der Waals surface area contributed by atoms with Gasteiger partial charge in [0.15, 0.2) is 12.1 Å². The van der Waals surface area contributed by atoms with Crippen LogP contribution < -0.4 is 5.73 Å². The minimum atomic E-state index is -1.49. The molecule has 0 aliphatic rings. The zero-order valence-corrected chi connectivity index (χ0v) is 21.5. The number of nitrogens with one attached hydrogen (secondary N) is 1. The predicted octanol–water partition coefficient (Wildman–Crippen LogP) is 6.54. The molecule has 4 aromatic carbocycles. The van der Waals surface area contributed by atoms with Crippen LogP contribution in [-0.4, -0.2) is 26.8 Å². The van der Waals surface area contributed by atoms with Crippen molar-refractivity contribution in [3.8, 4) is 56.3 Å². The number of hydrogen-bond donors (Lipinski definition) is 2. The van der Waals surface area contributed by atoms with Gasteiger partial charge in [-0.05, 0) is 23.6 Å². The molecule has 3 N–H and O–H groups in total. The van der Waals surface area contributed by atoms with Gasteiger partial charge < -0.3 is 13.6 Å². The molecular weight excluding hydrogens is 504 g/mol. The molecule has 40 heavy (non-hydrogen) atoms. The fraction of sp³-hybridized carbons (Fsp3) is 0.0645. The Balaban J connectivity index is 1.95. The van der Waals surface area contributed by atoms with Gasteiger partial charge in [0.1, 0.15) is 0 Å². The second-order valence-electron chi connectivity index (χ2n) is 9.18. The number of hydrogen-bond acceptors (Lipinski definition) is 9. The van der Waals surface area contributed by atoms with Crippen LogP contribution in [0.3, 0.4) is 0 Å². The first kappa shape index (κ1) is 24.9. The third-order valence-corrected chi connectivity index (χ3v) is 6.64. The fourth-order valence-electron chi connectivity index (χ4n) is 5.10. The van der Waals surface area contributed by atoms with Gasteiger partial charge in [-0.2, -0.15) is 0 Å². The summed E-state index contributed by atoms with van der Waals surface area (Å²) >= 11 is 0. The Labute approximate surface area is 229 Å². The van der Waals surface area contributed by atoms with E-state index in [0.717, 1.165) is 28.7 Å². The Bertz CT molecular complexity index is 1640. The summed E-state index contributed by atoms with van der Waals surface area (Å²) in [5.74, 6) is 0.537. The first-order valence-electron chi connectivity index (χ1n) is 12.5. The minimum absolute atomic E-state index is 0.269. The first-order chi connectivity index (χ1) is 19.6. The van der Waals surface area contributed by atoms with Gasteiger partial charge in [0.2, 0.25) is 24.6 Å². The van der Waals surface area contributed by atoms with Gasteiger partial charge in [-0.1, -0.05) is 91.0 Å². The number of nitrogens with two attached hydrogens (primary N) is 1. The highest BCUT2D eigenvalue weighted by atomic mass is 16.5. The van der Waals surface area contributed by atoms with Crippen molar-refractivity contribution in [2.45, 2.75) is 12.6 Å². The summed E-state index contributed by atoms with van der Waals surface area (Å²) in [6, 6.07) is 29.4. The van der Waals surface area contributed by atoms with Crippen molar-refractivity contribution in [3.05, 3.63) is 109 Å². The third kappa shape index (κ3) is 4.34. The van der Waals surface area contributed by atoms with E-state index in [2.05, 4.69) is 20.4 Å². The quantitative estimate of drug-likeness (QED) is 0.129. The van der Waals surface area contributed by atoms with Crippen molar-refractivity contribution >= 4 is 6.40 Å². The van der Waals surface area contributed by atoms with E-state index in [1.54, 1.807) is 6.92 Å². The molecule has 196 valence electrons. The van der Waals surface area contributed by atoms with Crippen molar-refractivity contribution in [2.75, 3.05) is 0 Å². The van der Waals surface area contributed by atoms with Crippen LogP contribution in [-0.2, 0) is 10.5 Å². The SMILES string of the molecule is CC(N)(OC=N)c1c(-c2ccccc2)c(-c2nnco2)c(-c2ccccc2)c(-c2nnco2)c1-c1ccccc1. The standard InChI is InChI=1S/C31H24N6O3/c1-31(33,40-17-32)28-24(21-13-7-3-8-14-21)26(29-36-34-18-38-29)23(20-11-5-2-6-12-20)27(30-37-35-19-39-30)25(28)22-15-9-4-10-16-22/h2-19,32H,33H2,1H3. The van der Waals surface area contributed by atoms with Crippen LogP contribution in [0.1, 0.15) is 12.5 Å². The highest BCUT2D eigenvalue weighted by Crippen LogP contribution is 2.54. The monoisotopic (exact) mass is 528 g/mol. The van der Waals surface area contributed by atoms with Crippen molar-refractivity contribution in [2.24, 2.45) is 5.73 Å². The first-order valence-corrected chi connectivity index (χ1v) is 12.5. The van der Waals surface area contributed by atoms with Gasteiger partial charge in [-0.25, -0.2) is 0 Å². The summed E-state index contributed by atoms with van der Waals surface area (Å²) < 4.78 is 17.6. The number of ether oxygens (including phenoxy) is 1. The maximum Gasteiger partial charge on any atom is 0.248 e. The summed E-state index contributed by atoms with van der Waals surface area (Å²) in [6.45, 7) is 1.71. The Morgan fingerprint density at radius 3 is 1.40 bits per heavy atom. The summed E-state index contributed by atoms with van der Waals surface area (Å²) in [5, 5.41) is 24.5. The summed E-state index contributed by atoms with van der Waals surface area (Å²) in [5.41, 5.74) is 11.9. The molecule has 0 amide bonds. The van der Waals surface area contributed by atoms with E-state index in [-0.39, 0.29) is 11.8 Å². The second kappa shape index (κ2) is 10.4. The van der Waals surface area contributed by atoms with Crippen molar-refractivity contribution in [1.82, 2.24) is 20.4 Å². The Morgan fingerprint density at radius 1 is 0.650 bits per heavy atom. The molecule has 0 aliphatic heterocycles. The zero-order valence-electron chi connectivity index (χ0n) is 21.5. The van der Waals surface area contributed by atoms with Crippen LogP contribution in [0, 0.1) is 5.41 Å². The lowest BCUT2D eigenvalue weighted by Gasteiger charge is -2.33. The Kier molecular flexibility index (Phi) is 6.47. The average molecular weight is 529 g/mol. The van der Waals surface area contributed by atoms with Gasteiger partial charge in [0, 0.05) is 22.3 Å². The lowest BCUT2D eigenvalue weighted by Crippen LogP contribution is -2.37. The molecule has 9 heteroatoms. The third-order valence-electron chi connectivity index (χ3n) is 6.64. The van der Waals surface area contributed by atoms with Gasteiger partial charge in [-0.3, -0.25) is 11.1 Å². The summed E-state index contributed by atoms with van der Waals surface area (Å²) in [4.78, 5) is 0. The van der Waals surface area contributed by atoms with E-state index < -0.39 is 5.72 Å². The molecule has 0 radical (unpaired) electrons. The molecule has 0 spiro atoms. The number of rotatable bonds is 8. The Hall–Kier alpha value is -5.41. The molecule has 6 rings (SSSR count). The molecule has 1 unspecified atom stereocenters. The number of nitrogens with zero attached hydrogens (tertiary/aromatic N) is 4. The molecule has 0 bridgehead atoms. The molecule has 2 aromatic heterocycles. The highest BCUT2D eigenvalue weighted by Gasteiger charge is 2.38. The van der Waals surface area contributed by atoms with Crippen molar-refractivity contribution < 1.29 is 13.6 Å². The largest absolute Gasteiger partial charge is 0.459 e. The molecule has 9 nitrogen and oxygen atoms in total. The van der Waals surface area contributed by atoms with Crippen LogP contribution in [0.4, 0.5) is 0 Å². The maximum atomic E-state index is 7.81. The molecular formula is C31H24N6O3. The number of benzene rings is 4. The molecule has 6 aromatic rings. The van der Waals surface area contributed by atoms with Crippen LogP contribution in [0.25, 0.3) is 56.3 Å². The van der Waals surface area contributed by atoms with E-state index in [4.69, 9.17) is 24.7 Å². The van der Waals surface area contributed by atoms with E-state index in [9.17, 15) is 0 Å². The van der Waals surface area contributed by atoms with Crippen molar-refractivity contribution in [1.29, 1.82) is 5.41 Å². The minimum Gasteiger partial charge on any atom is -0.459 e. The second-order valence-corrected chi connectivity index (χ2v) is 9.18. The molecule has 2 heterocycles. The van der Waals surface area contributed by atoms with Crippen LogP contribution in [0.2, 0.25) is 0 Å². The normalized spacial score (nSPS) is 12.6. The average Bonchev–Trinajstić information content (AvgIpc) is 3.72. The van der Waals surface area contributed by atoms with E-state index in [0.29, 0.717) is 27.8 Å². The molecule has 0 saturated carbocycles. The van der Waals surface area contributed by atoms with Gasteiger partial charge in [0.25, 0.3) is 0 Å². The number of aromatic nitrogens is 4. The van der Waals surface area contributed by atoms with Gasteiger partial charge in [-0.15, -0.1) is 20.4 Å². The van der Waals surface area contributed by atoms with Gasteiger partial charge >= 0.3 is 0 Å². The maximum absolute atomic E-state index is 7.81. The van der Waals surface area contributed by atoms with E-state index in [1.807, 2.05) is 91.0 Å². The zero-order chi connectivity index (χ0) is 27.5. The van der Waals surface area contributed by atoms with Crippen LogP contribution >= 0.6 is 0 Å². The molecule has 0 aliphatic carbocycles. The van der Waals surface area contributed by atoms with Crippen LogP contribution in [0.15, 0.2) is 113 Å². The van der Waals surface area contributed by atoms with E-state index in [1.165, 1.54) is 12.8 Å². The lowest BCUT2D eigenvalue weighted by atomic mass is 9.76. The van der Waals surface area contributed by atoms with Crippen molar-refractivity contribution in [3.63, 3.8) is 0 Å². The summed E-state index contributed by atoms with van der Waals surface area (Å²) in [7, 11) is 0. The van der Waals surface area contributed by atoms with E-state index >= 15 is 0 Å². The Morgan fingerprint density at radius 2 is 1.05 bits per heavy atom. The molecule has 0 fully saturated rings. The van der Waals surface area contributed by atoms with Gasteiger partial charge in [0.05, 0.1) is 11.1 Å². The summed E-state index contributed by atoms with van der Waals surface area (Å²) in [6.07, 6.45) is 3.41.